The first-order valence-electron chi connectivity index (χ1n) is 13.0. The zero-order chi connectivity index (χ0) is 28.1. The van der Waals surface area contributed by atoms with Crippen LogP contribution in [0.3, 0.4) is 0 Å². The highest BCUT2D eigenvalue weighted by atomic mass is 19.3. The van der Waals surface area contributed by atoms with Crippen molar-refractivity contribution in [2.45, 2.75) is 65.6 Å². The maximum absolute atomic E-state index is 14.3. The van der Waals surface area contributed by atoms with Crippen molar-refractivity contribution < 1.29 is 27.8 Å². The van der Waals surface area contributed by atoms with Gasteiger partial charge in [-0.1, -0.05) is 6.07 Å². The van der Waals surface area contributed by atoms with Crippen LogP contribution in [0, 0.1) is 6.92 Å². The molecule has 4 aromatic rings. The fraction of sp³-hybridized carbons (Fsp3) is 0.387. The highest BCUT2D eigenvalue weighted by Gasteiger charge is 2.31. The van der Waals surface area contributed by atoms with Crippen LogP contribution in [0.5, 0.6) is 5.75 Å². The summed E-state index contributed by atoms with van der Waals surface area (Å²) >= 11 is 0. The van der Waals surface area contributed by atoms with Crippen molar-refractivity contribution in [3.05, 3.63) is 65.0 Å². The lowest BCUT2D eigenvalue weighted by Gasteiger charge is -2.31. The molecule has 2 aromatic carbocycles. The number of ether oxygens (including phenoxy) is 3. The summed E-state index contributed by atoms with van der Waals surface area (Å²) in [6, 6.07) is 10.7. The second-order valence-electron chi connectivity index (χ2n) is 11.1. The van der Waals surface area contributed by atoms with E-state index in [1.807, 2.05) is 45.9 Å². The van der Waals surface area contributed by atoms with Gasteiger partial charge in [0.2, 0.25) is 0 Å². The molecule has 0 spiro atoms. The highest BCUT2D eigenvalue weighted by molar-refractivity contribution is 6.07. The van der Waals surface area contributed by atoms with Crippen LogP contribution in [0.1, 0.15) is 63.1 Å². The number of nitrogens with zero attached hydrogens (tertiary/aromatic N) is 2. The molecule has 1 aliphatic heterocycles. The van der Waals surface area contributed by atoms with Crippen molar-refractivity contribution in [1.82, 2.24) is 9.97 Å². The molecule has 6 nitrogen and oxygen atoms in total. The lowest BCUT2D eigenvalue weighted by molar-refractivity contribution is -0.150. The van der Waals surface area contributed by atoms with Crippen LogP contribution in [0.2, 0.25) is 0 Å². The lowest BCUT2D eigenvalue weighted by Crippen LogP contribution is -2.27. The summed E-state index contributed by atoms with van der Waals surface area (Å²) in [7, 11) is 0. The summed E-state index contributed by atoms with van der Waals surface area (Å²) in [5, 5.41) is 1.60. The van der Waals surface area contributed by atoms with Gasteiger partial charge in [0.15, 0.2) is 0 Å². The van der Waals surface area contributed by atoms with E-state index < -0.39 is 23.6 Å². The van der Waals surface area contributed by atoms with E-state index in [1.165, 1.54) is 13.0 Å². The number of hydrogen-bond donors (Lipinski definition) is 0. The van der Waals surface area contributed by atoms with Crippen LogP contribution >= 0.6 is 0 Å². The summed E-state index contributed by atoms with van der Waals surface area (Å²) in [6.07, 6.45) is 1.90. The van der Waals surface area contributed by atoms with E-state index in [1.54, 1.807) is 18.3 Å². The Balaban J connectivity index is 1.87. The first-order valence-corrected chi connectivity index (χ1v) is 13.0. The van der Waals surface area contributed by atoms with Gasteiger partial charge in [-0.25, -0.2) is 4.98 Å². The number of pyridine rings is 2. The summed E-state index contributed by atoms with van der Waals surface area (Å²) in [4.78, 5) is 21.0. The van der Waals surface area contributed by atoms with E-state index in [9.17, 15) is 13.6 Å². The van der Waals surface area contributed by atoms with Gasteiger partial charge < -0.3 is 14.2 Å². The van der Waals surface area contributed by atoms with Gasteiger partial charge in [0.05, 0.1) is 23.2 Å². The number of benzene rings is 2. The van der Waals surface area contributed by atoms with Gasteiger partial charge >= 0.3 is 5.97 Å². The summed E-state index contributed by atoms with van der Waals surface area (Å²) in [6.45, 7) is 10.5. The third kappa shape index (κ3) is 5.30. The van der Waals surface area contributed by atoms with Gasteiger partial charge in [-0.05, 0) is 80.3 Å². The third-order valence-corrected chi connectivity index (χ3v) is 6.79. The maximum Gasteiger partial charge on any atom is 0.302 e. The molecule has 0 fully saturated rings. The molecule has 1 aliphatic rings. The largest absolute Gasteiger partial charge is 0.493 e. The second-order valence-corrected chi connectivity index (χ2v) is 11.1. The van der Waals surface area contributed by atoms with Crippen molar-refractivity contribution in [1.29, 1.82) is 0 Å². The van der Waals surface area contributed by atoms with E-state index in [0.717, 1.165) is 57.8 Å². The Labute approximate surface area is 226 Å². The molecule has 204 valence electrons. The smallest absolute Gasteiger partial charge is 0.302 e. The molecule has 0 saturated heterocycles. The van der Waals surface area contributed by atoms with Crippen LogP contribution in [-0.2, 0) is 26.6 Å². The molecule has 0 amide bonds. The first-order chi connectivity index (χ1) is 18.3. The van der Waals surface area contributed by atoms with Crippen molar-refractivity contribution in [3.63, 3.8) is 0 Å². The number of carbonyl (C=O) groups is 1. The monoisotopic (exact) mass is 534 g/mol. The molecule has 0 unspecified atom stereocenters. The molecule has 0 saturated carbocycles. The zero-order valence-electron chi connectivity index (χ0n) is 23.0. The molecular weight excluding hydrogens is 502 g/mol. The van der Waals surface area contributed by atoms with Crippen LogP contribution in [0.4, 0.5) is 8.78 Å². The molecule has 2 aromatic heterocycles. The van der Waals surface area contributed by atoms with Gasteiger partial charge in [-0.3, -0.25) is 9.78 Å². The van der Waals surface area contributed by atoms with E-state index in [0.29, 0.717) is 17.5 Å². The molecule has 8 heteroatoms. The molecule has 0 radical (unpaired) electrons. The highest BCUT2D eigenvalue weighted by Crippen LogP contribution is 2.45. The van der Waals surface area contributed by atoms with Crippen molar-refractivity contribution in [2.75, 3.05) is 13.2 Å². The number of aromatic nitrogens is 2. The number of hydrogen-bond acceptors (Lipinski definition) is 6. The minimum Gasteiger partial charge on any atom is -0.493 e. The minimum atomic E-state index is -3.09. The SMILES string of the molecule is CC(=O)OC[C@@H](OC(C)(C)C)c1c(C)cc2nc(C(C)(F)F)ccc2c1-c1ccc2c3c(ccnc13)CCO2. The molecule has 39 heavy (non-hydrogen) atoms. The predicted molar refractivity (Wildman–Crippen MR) is 146 cm³/mol. The molecule has 0 aliphatic carbocycles. The standard InChI is InChI=1S/C31H32F2N2O4/c1-17-15-22-20(8-10-25(35-22)31(6,32)33)28(26(17)24(16-38-18(2)36)39-30(3,4)5)21-7-9-23-27-19(12-14-37-23)11-13-34-29(21)27/h7-11,13,15,24H,12,14,16H2,1-6H3/t24-/m1/s1. The number of rotatable bonds is 6. The fourth-order valence-electron chi connectivity index (χ4n) is 5.27. The quantitative estimate of drug-likeness (QED) is 0.243. The van der Waals surface area contributed by atoms with Gasteiger partial charge in [-0.15, -0.1) is 0 Å². The topological polar surface area (TPSA) is 70.5 Å². The van der Waals surface area contributed by atoms with Gasteiger partial charge in [0.25, 0.3) is 5.92 Å². The Morgan fingerprint density at radius 3 is 2.59 bits per heavy atom. The number of halogens is 2. The van der Waals surface area contributed by atoms with Crippen LogP contribution in [0.15, 0.2) is 42.6 Å². The average Bonchev–Trinajstić information content (AvgIpc) is 2.85. The number of alkyl halides is 2. The minimum absolute atomic E-state index is 0.0116. The van der Waals surface area contributed by atoms with E-state index >= 15 is 0 Å². The molecule has 1 atom stereocenters. The van der Waals surface area contributed by atoms with Crippen LogP contribution < -0.4 is 4.74 Å². The summed E-state index contributed by atoms with van der Waals surface area (Å²) in [5.41, 5.74) is 4.56. The molecular formula is C31H32F2N2O4. The normalized spacial score (nSPS) is 14.4. The zero-order valence-corrected chi connectivity index (χ0v) is 23.0. The van der Waals surface area contributed by atoms with E-state index in [4.69, 9.17) is 19.2 Å². The number of esters is 1. The Morgan fingerprint density at radius 2 is 1.90 bits per heavy atom. The first kappa shape index (κ1) is 26.9. The Morgan fingerprint density at radius 1 is 1.13 bits per heavy atom. The Kier molecular flexibility index (Phi) is 6.79. The predicted octanol–water partition coefficient (Wildman–Crippen LogP) is 7.22. The van der Waals surface area contributed by atoms with Gasteiger partial charge in [-0.2, -0.15) is 8.78 Å². The van der Waals surface area contributed by atoms with Gasteiger partial charge in [0, 0.05) is 42.8 Å². The summed E-state index contributed by atoms with van der Waals surface area (Å²) < 4.78 is 46.4. The van der Waals surface area contributed by atoms with Crippen molar-refractivity contribution in [2.24, 2.45) is 0 Å². The van der Waals surface area contributed by atoms with E-state index in [-0.39, 0.29) is 12.3 Å². The summed E-state index contributed by atoms with van der Waals surface area (Å²) in [5.74, 6) is -2.75. The number of carbonyl (C=O) groups excluding carboxylic acids is 1. The maximum atomic E-state index is 14.3. The number of fused-ring (bicyclic) bond motifs is 1. The van der Waals surface area contributed by atoms with Crippen molar-refractivity contribution >= 4 is 27.8 Å². The fourth-order valence-corrected chi connectivity index (χ4v) is 5.27. The molecule has 0 bridgehead atoms. The number of aryl methyl sites for hydroxylation is 1. The van der Waals surface area contributed by atoms with Crippen LogP contribution in [-0.4, -0.2) is 34.8 Å². The van der Waals surface area contributed by atoms with Crippen LogP contribution in [0.25, 0.3) is 32.9 Å². The molecule has 3 heterocycles. The van der Waals surface area contributed by atoms with E-state index in [2.05, 4.69) is 4.98 Å². The van der Waals surface area contributed by atoms with Crippen molar-refractivity contribution in [3.8, 4) is 16.9 Å². The lowest BCUT2D eigenvalue weighted by atomic mass is 9.86. The third-order valence-electron chi connectivity index (χ3n) is 6.79. The average molecular weight is 535 g/mol. The second kappa shape index (κ2) is 9.83. The Bertz CT molecular complexity index is 1580. The van der Waals surface area contributed by atoms with Gasteiger partial charge in [0.1, 0.15) is 24.2 Å². The molecule has 5 rings (SSSR count). The molecule has 0 N–H and O–H groups in total. The Hall–Kier alpha value is -3.65.